The van der Waals surface area contributed by atoms with E-state index in [4.69, 9.17) is 4.74 Å². The molecule has 0 heterocycles. The Morgan fingerprint density at radius 1 is 1.14 bits per heavy atom. The van der Waals surface area contributed by atoms with Crippen LogP contribution in [-0.2, 0) is 16.7 Å². The zero-order valence-electron chi connectivity index (χ0n) is 14.7. The second-order valence-corrected chi connectivity index (χ2v) is 6.42. The number of ether oxygens (including phenoxy) is 1. The van der Waals surface area contributed by atoms with E-state index in [2.05, 4.69) is 67.6 Å². The van der Waals surface area contributed by atoms with E-state index in [9.17, 15) is 0 Å². The van der Waals surface area contributed by atoms with Gasteiger partial charge in [-0.25, -0.2) is 4.99 Å². The van der Waals surface area contributed by atoms with Crippen LogP contribution in [0.1, 0.15) is 45.2 Å². The summed E-state index contributed by atoms with van der Waals surface area (Å²) in [5, 5.41) is 6.58. The van der Waals surface area contributed by atoms with E-state index in [0.717, 1.165) is 32.1 Å². The van der Waals surface area contributed by atoms with Crippen LogP contribution in [0.25, 0.3) is 0 Å². The van der Waals surface area contributed by atoms with Crippen molar-refractivity contribution in [1.82, 2.24) is 10.6 Å². The van der Waals surface area contributed by atoms with Crippen molar-refractivity contribution in [3.05, 3.63) is 35.4 Å². The molecule has 0 aromatic heterocycles. The van der Waals surface area contributed by atoms with Gasteiger partial charge >= 0.3 is 0 Å². The SMILES string of the molecule is CCNC(=NCc1ccc(C(C)(C)C)cc1)NCCCOC. The van der Waals surface area contributed by atoms with E-state index in [1.165, 1.54) is 11.1 Å². The number of rotatable bonds is 7. The Morgan fingerprint density at radius 3 is 2.36 bits per heavy atom. The van der Waals surface area contributed by atoms with E-state index in [1.807, 2.05) is 0 Å². The van der Waals surface area contributed by atoms with Crippen LogP contribution in [0.15, 0.2) is 29.3 Å². The minimum absolute atomic E-state index is 0.194. The maximum absolute atomic E-state index is 5.05. The molecule has 1 aromatic rings. The molecular formula is C18H31N3O. The van der Waals surface area contributed by atoms with Gasteiger partial charge in [0.2, 0.25) is 0 Å². The highest BCUT2D eigenvalue weighted by Crippen LogP contribution is 2.22. The lowest BCUT2D eigenvalue weighted by atomic mass is 9.87. The first-order chi connectivity index (χ1) is 10.5. The number of guanidine groups is 1. The van der Waals surface area contributed by atoms with Gasteiger partial charge in [-0.05, 0) is 29.9 Å². The minimum Gasteiger partial charge on any atom is -0.385 e. The highest BCUT2D eigenvalue weighted by molar-refractivity contribution is 5.79. The van der Waals surface area contributed by atoms with Crippen LogP contribution < -0.4 is 10.6 Å². The third-order valence-electron chi connectivity index (χ3n) is 3.40. The van der Waals surface area contributed by atoms with Crippen LogP contribution in [0.3, 0.4) is 0 Å². The van der Waals surface area contributed by atoms with Gasteiger partial charge in [-0.1, -0.05) is 45.0 Å². The third kappa shape index (κ3) is 6.94. The number of hydrogen-bond donors (Lipinski definition) is 2. The highest BCUT2D eigenvalue weighted by atomic mass is 16.5. The zero-order valence-corrected chi connectivity index (χ0v) is 14.7. The van der Waals surface area contributed by atoms with Crippen molar-refractivity contribution in [1.29, 1.82) is 0 Å². The molecule has 0 radical (unpaired) electrons. The zero-order chi connectivity index (χ0) is 16.4. The molecule has 0 unspecified atom stereocenters. The smallest absolute Gasteiger partial charge is 0.191 e. The lowest BCUT2D eigenvalue weighted by Gasteiger charge is -2.19. The quantitative estimate of drug-likeness (QED) is 0.462. The Bertz CT molecular complexity index is 446. The minimum atomic E-state index is 0.194. The molecule has 124 valence electrons. The molecule has 0 atom stereocenters. The first-order valence-electron chi connectivity index (χ1n) is 8.08. The average molecular weight is 305 g/mol. The summed E-state index contributed by atoms with van der Waals surface area (Å²) in [5.74, 6) is 0.860. The number of nitrogens with one attached hydrogen (secondary N) is 2. The van der Waals surface area contributed by atoms with Gasteiger partial charge in [-0.3, -0.25) is 0 Å². The number of nitrogens with zero attached hydrogens (tertiary/aromatic N) is 1. The molecule has 0 bridgehead atoms. The van der Waals surface area contributed by atoms with Crippen molar-refractivity contribution >= 4 is 5.96 Å². The fourth-order valence-corrected chi connectivity index (χ4v) is 2.05. The van der Waals surface area contributed by atoms with E-state index < -0.39 is 0 Å². The first kappa shape index (κ1) is 18.5. The number of hydrogen-bond acceptors (Lipinski definition) is 2. The van der Waals surface area contributed by atoms with Gasteiger partial charge in [0, 0.05) is 26.8 Å². The first-order valence-corrected chi connectivity index (χ1v) is 8.08. The molecule has 1 rings (SSSR count). The third-order valence-corrected chi connectivity index (χ3v) is 3.40. The normalized spacial score (nSPS) is 12.3. The second-order valence-electron chi connectivity index (χ2n) is 6.42. The van der Waals surface area contributed by atoms with Crippen LogP contribution in [0, 0.1) is 0 Å². The van der Waals surface area contributed by atoms with Crippen molar-refractivity contribution in [2.24, 2.45) is 4.99 Å². The lowest BCUT2D eigenvalue weighted by molar-refractivity contribution is 0.195. The maximum Gasteiger partial charge on any atom is 0.191 e. The Labute approximate surface area is 135 Å². The van der Waals surface area contributed by atoms with Gasteiger partial charge in [-0.2, -0.15) is 0 Å². The van der Waals surface area contributed by atoms with Crippen molar-refractivity contribution in [3.63, 3.8) is 0 Å². The summed E-state index contributed by atoms with van der Waals surface area (Å²) in [7, 11) is 1.72. The number of aliphatic imine (C=N–C) groups is 1. The van der Waals surface area contributed by atoms with Crippen LogP contribution >= 0.6 is 0 Å². The van der Waals surface area contributed by atoms with E-state index >= 15 is 0 Å². The monoisotopic (exact) mass is 305 g/mol. The molecule has 1 aromatic carbocycles. The van der Waals surface area contributed by atoms with Crippen LogP contribution in [0.2, 0.25) is 0 Å². The van der Waals surface area contributed by atoms with Gasteiger partial charge in [0.1, 0.15) is 0 Å². The predicted molar refractivity (Wildman–Crippen MR) is 94.5 cm³/mol. The fourth-order valence-electron chi connectivity index (χ4n) is 2.05. The van der Waals surface area contributed by atoms with Gasteiger partial charge in [-0.15, -0.1) is 0 Å². The number of methoxy groups -OCH3 is 1. The lowest BCUT2D eigenvalue weighted by Crippen LogP contribution is -2.38. The molecule has 0 fully saturated rings. The molecule has 4 nitrogen and oxygen atoms in total. The van der Waals surface area contributed by atoms with Gasteiger partial charge in [0.25, 0.3) is 0 Å². The van der Waals surface area contributed by atoms with Gasteiger partial charge in [0.05, 0.1) is 6.54 Å². The molecule has 0 spiro atoms. The summed E-state index contributed by atoms with van der Waals surface area (Å²) in [6.45, 7) is 11.9. The van der Waals surface area contributed by atoms with Crippen LogP contribution in [0.5, 0.6) is 0 Å². The molecule has 0 saturated heterocycles. The Balaban J connectivity index is 2.57. The van der Waals surface area contributed by atoms with E-state index in [0.29, 0.717) is 6.54 Å². The summed E-state index contributed by atoms with van der Waals surface area (Å²) in [6.07, 6.45) is 0.973. The molecule has 4 heteroatoms. The van der Waals surface area contributed by atoms with Gasteiger partial charge < -0.3 is 15.4 Å². The van der Waals surface area contributed by atoms with Crippen molar-refractivity contribution in [2.75, 3.05) is 26.8 Å². The molecule has 0 amide bonds. The predicted octanol–water partition coefficient (Wildman–Crippen LogP) is 3.08. The standard InChI is InChI=1S/C18H31N3O/c1-6-19-17(20-12-7-13-22-5)21-14-15-8-10-16(11-9-15)18(2,3)4/h8-11H,6-7,12-14H2,1-5H3,(H2,19,20,21). The molecule has 2 N–H and O–H groups in total. The Morgan fingerprint density at radius 2 is 1.82 bits per heavy atom. The molecular weight excluding hydrogens is 274 g/mol. The summed E-state index contributed by atoms with van der Waals surface area (Å²) in [6, 6.07) is 8.73. The Hall–Kier alpha value is -1.55. The largest absolute Gasteiger partial charge is 0.385 e. The molecule has 0 aliphatic heterocycles. The average Bonchev–Trinajstić information content (AvgIpc) is 2.48. The molecule has 0 aliphatic rings. The van der Waals surface area contributed by atoms with Crippen molar-refractivity contribution < 1.29 is 4.74 Å². The molecule has 22 heavy (non-hydrogen) atoms. The molecule has 0 aliphatic carbocycles. The highest BCUT2D eigenvalue weighted by Gasteiger charge is 2.12. The van der Waals surface area contributed by atoms with Crippen LogP contribution in [0.4, 0.5) is 0 Å². The number of benzene rings is 1. The molecule has 0 saturated carbocycles. The summed E-state index contributed by atoms with van der Waals surface area (Å²) < 4.78 is 5.05. The second kappa shape index (κ2) is 9.46. The van der Waals surface area contributed by atoms with Crippen LogP contribution in [-0.4, -0.2) is 32.8 Å². The summed E-state index contributed by atoms with van der Waals surface area (Å²) in [4.78, 5) is 4.63. The summed E-state index contributed by atoms with van der Waals surface area (Å²) in [5.41, 5.74) is 2.77. The maximum atomic E-state index is 5.05. The van der Waals surface area contributed by atoms with Crippen molar-refractivity contribution in [3.8, 4) is 0 Å². The van der Waals surface area contributed by atoms with E-state index in [-0.39, 0.29) is 5.41 Å². The fraction of sp³-hybridized carbons (Fsp3) is 0.611. The summed E-state index contributed by atoms with van der Waals surface area (Å²) >= 11 is 0. The van der Waals surface area contributed by atoms with Crippen molar-refractivity contribution in [2.45, 2.75) is 46.1 Å². The van der Waals surface area contributed by atoms with E-state index in [1.54, 1.807) is 7.11 Å². The van der Waals surface area contributed by atoms with Gasteiger partial charge in [0.15, 0.2) is 5.96 Å². The topological polar surface area (TPSA) is 45.7 Å². The Kier molecular flexibility index (Phi) is 7.96.